The molecule has 0 spiro atoms. The van der Waals surface area contributed by atoms with E-state index >= 15 is 0 Å². The zero-order chi connectivity index (χ0) is 20.8. The fourth-order valence-corrected chi connectivity index (χ4v) is 3.75. The highest BCUT2D eigenvalue weighted by Crippen LogP contribution is 2.17. The third kappa shape index (κ3) is 5.78. The van der Waals surface area contributed by atoms with E-state index in [0.717, 1.165) is 54.5 Å². The Bertz CT molecular complexity index is 859. The molecule has 0 aliphatic carbocycles. The van der Waals surface area contributed by atoms with Crippen molar-refractivity contribution in [2.75, 3.05) is 44.6 Å². The smallest absolute Gasteiger partial charge is 0.262 e. The molecule has 29 heavy (non-hydrogen) atoms. The first-order chi connectivity index (χ1) is 14.0. The second kappa shape index (κ2) is 9.85. The number of thiocarbonyl (C=S) groups is 1. The van der Waals surface area contributed by atoms with Gasteiger partial charge in [0.1, 0.15) is 10.7 Å². The molecule has 1 amide bonds. The minimum Gasteiger partial charge on any atom is -0.484 e. The highest BCUT2D eigenvalue weighted by atomic mass is 32.1. The first-order valence-electron chi connectivity index (χ1n) is 10.1. The quantitative estimate of drug-likeness (QED) is 0.736. The van der Waals surface area contributed by atoms with E-state index in [1.807, 2.05) is 56.3 Å². The van der Waals surface area contributed by atoms with Gasteiger partial charge in [0, 0.05) is 37.4 Å². The Morgan fingerprint density at radius 2 is 1.76 bits per heavy atom. The van der Waals surface area contributed by atoms with Crippen molar-refractivity contribution in [2.24, 2.45) is 0 Å². The van der Waals surface area contributed by atoms with Gasteiger partial charge >= 0.3 is 0 Å². The van der Waals surface area contributed by atoms with Gasteiger partial charge in [0.05, 0.1) is 0 Å². The van der Waals surface area contributed by atoms with Crippen LogP contribution in [0.2, 0.25) is 0 Å². The summed E-state index contributed by atoms with van der Waals surface area (Å²) in [6.45, 7) is 11.3. The van der Waals surface area contributed by atoms with Gasteiger partial charge in [0.25, 0.3) is 5.91 Å². The number of anilines is 1. The van der Waals surface area contributed by atoms with Gasteiger partial charge in [-0.3, -0.25) is 4.79 Å². The Hall–Kier alpha value is -2.44. The maximum Gasteiger partial charge on any atom is 0.262 e. The Labute approximate surface area is 178 Å². The van der Waals surface area contributed by atoms with Crippen LogP contribution in [0.3, 0.4) is 0 Å². The predicted octanol–water partition coefficient (Wildman–Crippen LogP) is 3.63. The number of rotatable bonds is 6. The lowest BCUT2D eigenvalue weighted by Gasteiger charge is -2.35. The van der Waals surface area contributed by atoms with E-state index in [1.54, 1.807) is 0 Å². The summed E-state index contributed by atoms with van der Waals surface area (Å²) in [6.07, 6.45) is 0. The van der Waals surface area contributed by atoms with Crippen LogP contribution in [0, 0.1) is 13.8 Å². The minimum atomic E-state index is -0.176. The minimum absolute atomic E-state index is 0.0317. The molecule has 1 fully saturated rings. The number of hydrogen-bond acceptors (Lipinski definition) is 4. The molecular formula is C23H29N3O2S. The highest BCUT2D eigenvalue weighted by molar-refractivity contribution is 7.80. The molecule has 0 unspecified atom stereocenters. The van der Waals surface area contributed by atoms with Crippen LogP contribution in [0.5, 0.6) is 5.75 Å². The number of nitrogens with one attached hydrogen (secondary N) is 1. The summed E-state index contributed by atoms with van der Waals surface area (Å²) in [6, 6.07) is 13.6. The van der Waals surface area contributed by atoms with Crippen LogP contribution in [0.15, 0.2) is 42.5 Å². The van der Waals surface area contributed by atoms with E-state index in [0.29, 0.717) is 5.75 Å². The van der Waals surface area contributed by atoms with Gasteiger partial charge in [-0.1, -0.05) is 36.8 Å². The third-order valence-corrected chi connectivity index (χ3v) is 5.73. The van der Waals surface area contributed by atoms with E-state index in [2.05, 4.69) is 22.0 Å². The Morgan fingerprint density at radius 1 is 1.07 bits per heavy atom. The monoisotopic (exact) mass is 411 g/mol. The molecule has 3 rings (SSSR count). The summed E-state index contributed by atoms with van der Waals surface area (Å²) in [5.41, 5.74) is 4.03. The predicted molar refractivity (Wildman–Crippen MR) is 122 cm³/mol. The van der Waals surface area contributed by atoms with Crippen LogP contribution in [-0.2, 0) is 4.79 Å². The van der Waals surface area contributed by atoms with Crippen molar-refractivity contribution in [1.29, 1.82) is 0 Å². The number of piperazine rings is 1. The Kier molecular flexibility index (Phi) is 7.23. The number of ether oxygens (including phenoxy) is 1. The third-order valence-electron chi connectivity index (χ3n) is 5.23. The molecule has 1 saturated heterocycles. The van der Waals surface area contributed by atoms with Crippen molar-refractivity contribution in [3.63, 3.8) is 0 Å². The molecule has 2 aromatic rings. The number of nitrogens with zero attached hydrogens (tertiary/aromatic N) is 2. The van der Waals surface area contributed by atoms with E-state index in [1.165, 1.54) is 5.56 Å². The molecule has 5 nitrogen and oxygen atoms in total. The number of carbonyl (C=O) groups is 1. The normalized spacial score (nSPS) is 14.5. The SMILES string of the molecule is CCN1CCN(C(=S)c2ccc(OCC(=O)Nc3ccc(C)cc3C)cc2)CC1. The van der Waals surface area contributed by atoms with Crippen LogP contribution >= 0.6 is 12.2 Å². The summed E-state index contributed by atoms with van der Waals surface area (Å²) in [7, 11) is 0. The maximum absolute atomic E-state index is 12.2. The van der Waals surface area contributed by atoms with Crippen molar-refractivity contribution in [3.8, 4) is 5.75 Å². The molecule has 1 aliphatic heterocycles. The average Bonchev–Trinajstić information content (AvgIpc) is 2.74. The number of amides is 1. The molecule has 1 N–H and O–H groups in total. The van der Waals surface area contributed by atoms with Crippen molar-refractivity contribution >= 4 is 28.8 Å². The molecule has 0 bridgehead atoms. The first-order valence-corrected chi connectivity index (χ1v) is 10.5. The summed E-state index contributed by atoms with van der Waals surface area (Å²) >= 11 is 5.66. The van der Waals surface area contributed by atoms with Gasteiger partial charge < -0.3 is 19.9 Å². The molecule has 154 valence electrons. The lowest BCUT2D eigenvalue weighted by atomic mass is 10.1. The maximum atomic E-state index is 12.2. The van der Waals surface area contributed by atoms with E-state index in [9.17, 15) is 4.79 Å². The molecule has 0 radical (unpaired) electrons. The van der Waals surface area contributed by atoms with Crippen molar-refractivity contribution in [3.05, 3.63) is 59.2 Å². The van der Waals surface area contributed by atoms with Crippen molar-refractivity contribution in [1.82, 2.24) is 9.80 Å². The van der Waals surface area contributed by atoms with Gasteiger partial charge in [0.15, 0.2) is 6.61 Å². The summed E-state index contributed by atoms with van der Waals surface area (Å²) in [5.74, 6) is 0.480. The van der Waals surface area contributed by atoms with Gasteiger partial charge in [-0.25, -0.2) is 0 Å². The fraction of sp³-hybridized carbons (Fsp3) is 0.391. The molecule has 1 heterocycles. The van der Waals surface area contributed by atoms with Crippen molar-refractivity contribution in [2.45, 2.75) is 20.8 Å². The number of hydrogen-bond donors (Lipinski definition) is 1. The molecule has 1 aliphatic rings. The number of carbonyl (C=O) groups excluding carboxylic acids is 1. The second-order valence-corrected chi connectivity index (χ2v) is 7.79. The zero-order valence-corrected chi connectivity index (χ0v) is 18.2. The molecule has 0 saturated carbocycles. The molecule has 0 aromatic heterocycles. The fourth-order valence-electron chi connectivity index (χ4n) is 3.43. The molecule has 6 heteroatoms. The molecule has 0 atom stereocenters. The molecular weight excluding hydrogens is 382 g/mol. The summed E-state index contributed by atoms with van der Waals surface area (Å²) in [4.78, 5) is 17.8. The van der Waals surface area contributed by atoms with Gasteiger partial charge in [-0.15, -0.1) is 0 Å². The molecule has 2 aromatic carbocycles. The van der Waals surface area contributed by atoms with Crippen LogP contribution in [0.25, 0.3) is 0 Å². The van der Waals surface area contributed by atoms with Crippen LogP contribution < -0.4 is 10.1 Å². The van der Waals surface area contributed by atoms with E-state index < -0.39 is 0 Å². The van der Waals surface area contributed by atoms with Gasteiger partial charge in [-0.05, 0) is 56.3 Å². The van der Waals surface area contributed by atoms with Crippen LogP contribution in [0.1, 0.15) is 23.6 Å². The second-order valence-electron chi connectivity index (χ2n) is 7.41. The largest absolute Gasteiger partial charge is 0.484 e. The van der Waals surface area contributed by atoms with E-state index in [-0.39, 0.29) is 12.5 Å². The Balaban J connectivity index is 1.50. The van der Waals surface area contributed by atoms with E-state index in [4.69, 9.17) is 17.0 Å². The average molecular weight is 412 g/mol. The van der Waals surface area contributed by atoms with Crippen LogP contribution in [-0.4, -0.2) is 60.0 Å². The van der Waals surface area contributed by atoms with Gasteiger partial charge in [0.2, 0.25) is 0 Å². The topological polar surface area (TPSA) is 44.8 Å². The number of likely N-dealkylation sites (N-methyl/N-ethyl adjacent to an activating group) is 1. The van der Waals surface area contributed by atoms with Gasteiger partial charge in [-0.2, -0.15) is 0 Å². The lowest BCUT2D eigenvalue weighted by molar-refractivity contribution is -0.118. The number of benzene rings is 2. The highest BCUT2D eigenvalue weighted by Gasteiger charge is 2.18. The number of aryl methyl sites for hydroxylation is 2. The summed E-state index contributed by atoms with van der Waals surface area (Å²) < 4.78 is 5.64. The first kappa shape index (κ1) is 21.3. The lowest BCUT2D eigenvalue weighted by Crippen LogP contribution is -2.48. The van der Waals surface area contributed by atoms with Crippen molar-refractivity contribution < 1.29 is 9.53 Å². The summed E-state index contributed by atoms with van der Waals surface area (Å²) in [5, 5.41) is 2.89. The van der Waals surface area contributed by atoms with Crippen LogP contribution in [0.4, 0.5) is 5.69 Å². The Morgan fingerprint density at radius 3 is 2.38 bits per heavy atom. The standard InChI is InChI=1S/C23H29N3O2S/c1-4-25-11-13-26(14-12-25)23(29)19-6-8-20(9-7-19)28-16-22(27)24-21-10-5-17(2)15-18(21)3/h5-10,15H,4,11-14,16H2,1-3H3,(H,24,27). The zero-order valence-electron chi connectivity index (χ0n) is 17.4.